The number of nitrogens with zero attached hydrogens (tertiary/aromatic N) is 2. The lowest BCUT2D eigenvalue weighted by molar-refractivity contribution is 0.101. The van der Waals surface area contributed by atoms with Crippen molar-refractivity contribution < 1.29 is 9.53 Å². The van der Waals surface area contributed by atoms with Crippen LogP contribution in [0.1, 0.15) is 10.4 Å². The highest BCUT2D eigenvalue weighted by molar-refractivity contribution is 7.13. The summed E-state index contributed by atoms with van der Waals surface area (Å²) in [6.07, 6.45) is 0. The van der Waals surface area contributed by atoms with Crippen LogP contribution in [-0.2, 0) is 0 Å². The first-order valence-electron chi connectivity index (χ1n) is 8.18. The largest absolute Gasteiger partial charge is 0.497 e. The predicted molar refractivity (Wildman–Crippen MR) is 106 cm³/mol. The van der Waals surface area contributed by atoms with Crippen molar-refractivity contribution in [2.24, 2.45) is 0 Å². The van der Waals surface area contributed by atoms with Gasteiger partial charge in [-0.15, -0.1) is 11.3 Å². The lowest BCUT2D eigenvalue weighted by atomic mass is 10.2. The van der Waals surface area contributed by atoms with E-state index >= 15 is 0 Å². The summed E-state index contributed by atoms with van der Waals surface area (Å²) >= 11 is 1.45. The lowest BCUT2D eigenvalue weighted by Crippen LogP contribution is -2.35. The predicted octanol–water partition coefficient (Wildman–Crippen LogP) is 3.52. The molecule has 27 heavy (non-hydrogen) atoms. The zero-order valence-corrected chi connectivity index (χ0v) is 15.2. The number of carbonyl (C=O) groups is 1. The summed E-state index contributed by atoms with van der Waals surface area (Å²) in [4.78, 5) is 31.1. The maximum atomic E-state index is 13.0. The van der Waals surface area contributed by atoms with Gasteiger partial charge < -0.3 is 4.74 Å². The summed E-state index contributed by atoms with van der Waals surface area (Å²) in [5.74, 6) is 0.639. The molecule has 0 saturated heterocycles. The molecule has 134 valence electrons. The summed E-state index contributed by atoms with van der Waals surface area (Å²) in [7, 11) is 1.56. The number of ether oxygens (including phenoxy) is 1. The van der Waals surface area contributed by atoms with Gasteiger partial charge in [-0.3, -0.25) is 15.0 Å². The van der Waals surface area contributed by atoms with Crippen molar-refractivity contribution in [2.45, 2.75) is 0 Å². The van der Waals surface area contributed by atoms with Crippen LogP contribution in [0.2, 0.25) is 0 Å². The Labute approximate surface area is 158 Å². The molecule has 0 aliphatic rings. The molecule has 4 aromatic rings. The molecule has 2 heterocycles. The van der Waals surface area contributed by atoms with Crippen LogP contribution in [0.4, 0.5) is 0 Å². The number of carbonyl (C=O) groups excluding carboxylic acids is 1. The van der Waals surface area contributed by atoms with Gasteiger partial charge in [0.1, 0.15) is 5.75 Å². The fourth-order valence-electron chi connectivity index (χ4n) is 2.72. The molecule has 0 aliphatic carbocycles. The van der Waals surface area contributed by atoms with E-state index in [1.165, 1.54) is 16.0 Å². The third kappa shape index (κ3) is 3.20. The van der Waals surface area contributed by atoms with E-state index in [1.54, 1.807) is 49.6 Å². The van der Waals surface area contributed by atoms with Crippen molar-refractivity contribution in [1.82, 2.24) is 9.66 Å². The van der Waals surface area contributed by atoms with Gasteiger partial charge in [0.15, 0.2) is 5.82 Å². The number of hydrogen-bond acceptors (Lipinski definition) is 5. The standard InChI is InChI=1S/C20H15N3O3S/c1-26-14-10-8-13(9-11-14)19(24)22-23-18(17-7-4-12-27-17)21-16-6-3-2-5-15(16)20(23)25/h2-12H,1H3,(H,22,24). The van der Waals surface area contributed by atoms with Crippen molar-refractivity contribution in [2.75, 3.05) is 12.5 Å². The topological polar surface area (TPSA) is 73.2 Å². The quantitative estimate of drug-likeness (QED) is 0.591. The van der Waals surface area contributed by atoms with E-state index in [-0.39, 0.29) is 5.56 Å². The van der Waals surface area contributed by atoms with E-state index in [4.69, 9.17) is 4.74 Å². The summed E-state index contributed by atoms with van der Waals surface area (Å²) in [6.45, 7) is 0. The molecule has 0 unspecified atom stereocenters. The Morgan fingerprint density at radius 3 is 2.56 bits per heavy atom. The van der Waals surface area contributed by atoms with E-state index < -0.39 is 5.91 Å². The maximum absolute atomic E-state index is 13.0. The first kappa shape index (κ1) is 17.0. The van der Waals surface area contributed by atoms with Crippen molar-refractivity contribution in [3.8, 4) is 16.5 Å². The lowest BCUT2D eigenvalue weighted by Gasteiger charge is -2.13. The minimum Gasteiger partial charge on any atom is -0.497 e. The summed E-state index contributed by atoms with van der Waals surface area (Å²) in [5, 5.41) is 2.33. The fourth-order valence-corrected chi connectivity index (χ4v) is 3.42. The second-order valence-corrected chi connectivity index (χ2v) is 6.69. The highest BCUT2D eigenvalue weighted by atomic mass is 32.1. The van der Waals surface area contributed by atoms with Gasteiger partial charge in [-0.25, -0.2) is 4.98 Å². The van der Waals surface area contributed by atoms with E-state index in [2.05, 4.69) is 10.4 Å². The van der Waals surface area contributed by atoms with Gasteiger partial charge in [-0.05, 0) is 47.8 Å². The van der Waals surface area contributed by atoms with Crippen LogP contribution in [0.5, 0.6) is 5.75 Å². The summed E-state index contributed by atoms with van der Waals surface area (Å²) in [5.41, 5.74) is 3.35. The monoisotopic (exact) mass is 377 g/mol. The van der Waals surface area contributed by atoms with E-state index in [1.807, 2.05) is 23.6 Å². The van der Waals surface area contributed by atoms with Crippen molar-refractivity contribution in [3.63, 3.8) is 0 Å². The SMILES string of the molecule is COc1ccc(C(=O)Nn2c(-c3cccs3)nc3ccccc3c2=O)cc1. The van der Waals surface area contributed by atoms with Gasteiger partial charge in [-0.2, -0.15) is 4.68 Å². The first-order chi connectivity index (χ1) is 13.2. The van der Waals surface area contributed by atoms with Crippen LogP contribution < -0.4 is 15.7 Å². The van der Waals surface area contributed by atoms with Gasteiger partial charge in [0.05, 0.1) is 22.9 Å². The molecule has 2 aromatic carbocycles. The molecule has 6 nitrogen and oxygen atoms in total. The molecule has 7 heteroatoms. The molecule has 0 radical (unpaired) electrons. The second-order valence-electron chi connectivity index (χ2n) is 5.74. The van der Waals surface area contributed by atoms with E-state index in [0.29, 0.717) is 28.0 Å². The smallest absolute Gasteiger partial charge is 0.280 e. The number of nitrogens with one attached hydrogen (secondary N) is 1. The van der Waals surface area contributed by atoms with Crippen molar-refractivity contribution in [3.05, 3.63) is 82.0 Å². The van der Waals surface area contributed by atoms with Gasteiger partial charge >= 0.3 is 0 Å². The van der Waals surface area contributed by atoms with Crippen LogP contribution in [0.3, 0.4) is 0 Å². The Hall–Kier alpha value is -3.45. The Bertz CT molecular complexity index is 1170. The number of para-hydroxylation sites is 1. The van der Waals surface area contributed by atoms with E-state index in [0.717, 1.165) is 4.88 Å². The Morgan fingerprint density at radius 2 is 1.85 bits per heavy atom. The number of methoxy groups -OCH3 is 1. The Kier molecular flexibility index (Phi) is 4.43. The van der Waals surface area contributed by atoms with Crippen LogP contribution in [0, 0.1) is 0 Å². The molecule has 0 saturated carbocycles. The molecule has 0 atom stereocenters. The average Bonchev–Trinajstić information content (AvgIpc) is 3.24. The normalized spacial score (nSPS) is 10.7. The summed E-state index contributed by atoms with van der Waals surface area (Å²) in [6, 6.07) is 17.5. The molecular formula is C20H15N3O3S. The van der Waals surface area contributed by atoms with Gasteiger partial charge in [0, 0.05) is 5.56 Å². The number of rotatable bonds is 4. The number of amides is 1. The molecule has 0 spiro atoms. The Morgan fingerprint density at radius 1 is 1.07 bits per heavy atom. The molecule has 0 fully saturated rings. The molecular weight excluding hydrogens is 362 g/mol. The number of thiophene rings is 1. The zero-order valence-electron chi connectivity index (χ0n) is 14.4. The van der Waals surface area contributed by atoms with Crippen LogP contribution in [0.15, 0.2) is 70.8 Å². The minimum atomic E-state index is -0.408. The van der Waals surface area contributed by atoms with Crippen molar-refractivity contribution in [1.29, 1.82) is 0 Å². The van der Waals surface area contributed by atoms with Crippen LogP contribution >= 0.6 is 11.3 Å². The van der Waals surface area contributed by atoms with Crippen LogP contribution in [0.25, 0.3) is 21.6 Å². The van der Waals surface area contributed by atoms with E-state index in [9.17, 15) is 9.59 Å². The molecule has 0 aliphatic heterocycles. The number of fused-ring (bicyclic) bond motifs is 1. The molecule has 1 N–H and O–H groups in total. The number of hydrogen-bond donors (Lipinski definition) is 1. The minimum absolute atomic E-state index is 0.328. The highest BCUT2D eigenvalue weighted by Crippen LogP contribution is 2.23. The van der Waals surface area contributed by atoms with Crippen molar-refractivity contribution >= 4 is 28.1 Å². The Balaban J connectivity index is 1.82. The van der Waals surface area contributed by atoms with Crippen LogP contribution in [-0.4, -0.2) is 22.7 Å². The second kappa shape index (κ2) is 7.05. The molecule has 0 bridgehead atoms. The number of aromatic nitrogens is 2. The highest BCUT2D eigenvalue weighted by Gasteiger charge is 2.16. The first-order valence-corrected chi connectivity index (χ1v) is 9.06. The third-order valence-electron chi connectivity index (χ3n) is 4.08. The van der Waals surface area contributed by atoms with Gasteiger partial charge in [-0.1, -0.05) is 18.2 Å². The number of benzene rings is 2. The molecule has 2 aromatic heterocycles. The third-order valence-corrected chi connectivity index (χ3v) is 4.95. The fraction of sp³-hybridized carbons (Fsp3) is 0.0500. The molecule has 1 amide bonds. The molecule has 4 rings (SSSR count). The zero-order chi connectivity index (χ0) is 18.8. The van der Waals surface area contributed by atoms with Gasteiger partial charge in [0.25, 0.3) is 11.5 Å². The van der Waals surface area contributed by atoms with Gasteiger partial charge in [0.2, 0.25) is 0 Å². The average molecular weight is 377 g/mol. The summed E-state index contributed by atoms with van der Waals surface area (Å²) < 4.78 is 6.32. The maximum Gasteiger partial charge on any atom is 0.280 e.